The highest BCUT2D eigenvalue weighted by Gasteiger charge is 2.34. The van der Waals surface area contributed by atoms with Crippen LogP contribution in [0.5, 0.6) is 0 Å². The Bertz CT molecular complexity index is 1320. The Kier molecular flexibility index (Phi) is 7.35. The first-order valence-electron chi connectivity index (χ1n) is 14.1. The molecule has 39 heavy (non-hydrogen) atoms. The molecule has 1 saturated carbocycles. The van der Waals surface area contributed by atoms with Crippen molar-refractivity contribution < 1.29 is 14.3 Å². The maximum absolute atomic E-state index is 14.6. The van der Waals surface area contributed by atoms with Gasteiger partial charge in [0.1, 0.15) is 17.2 Å². The van der Waals surface area contributed by atoms with E-state index in [2.05, 4.69) is 22.2 Å². The number of para-hydroxylation sites is 1. The molecule has 1 atom stereocenters. The monoisotopic (exact) mass is 536 g/mol. The van der Waals surface area contributed by atoms with E-state index in [1.165, 1.54) is 6.07 Å². The van der Waals surface area contributed by atoms with Crippen molar-refractivity contribution in [2.45, 2.75) is 50.7 Å². The number of halogens is 1. The number of anilines is 2. The molecule has 4 heterocycles. The summed E-state index contributed by atoms with van der Waals surface area (Å²) < 4.78 is 16.6. The topological polar surface area (TPSA) is 103 Å². The molecule has 2 N–H and O–H groups in total. The zero-order chi connectivity index (χ0) is 26.9. The Labute approximate surface area is 227 Å². The molecule has 2 amide bonds. The number of aliphatic hydroxyl groups is 1. The van der Waals surface area contributed by atoms with Crippen LogP contribution in [0.15, 0.2) is 30.5 Å². The average molecular weight is 537 g/mol. The first kappa shape index (κ1) is 25.9. The second kappa shape index (κ2) is 11.1. The molecular formula is C28H37FN8O2. The van der Waals surface area contributed by atoms with Crippen molar-refractivity contribution >= 4 is 28.8 Å². The summed E-state index contributed by atoms with van der Waals surface area (Å²) in [5.74, 6) is 1.34. The molecule has 0 unspecified atom stereocenters. The highest BCUT2D eigenvalue weighted by Crippen LogP contribution is 2.33. The number of fused-ring (bicyclic) bond motifs is 1. The molecule has 2 saturated heterocycles. The number of imidazole rings is 1. The number of aliphatic hydroxyl groups excluding tert-OH is 1. The summed E-state index contributed by atoms with van der Waals surface area (Å²) in [6, 6.07) is 6.57. The van der Waals surface area contributed by atoms with Crippen LogP contribution < -0.4 is 5.32 Å². The van der Waals surface area contributed by atoms with Crippen LogP contribution in [0, 0.1) is 11.7 Å². The summed E-state index contributed by atoms with van der Waals surface area (Å²) in [7, 11) is 2.08. The predicted octanol–water partition coefficient (Wildman–Crippen LogP) is 3.42. The van der Waals surface area contributed by atoms with Gasteiger partial charge in [-0.3, -0.25) is 4.57 Å². The standard InChI is InChI=1S/C28H37FN8O2/c1-34-12-14-35(15-13-34)28(39)36-11-10-20(18-36)37-26-24(32-27(37)31-23-5-3-2-4-22(23)29)17-30-25(33-26)16-19-6-8-21(38)9-7-19/h2-5,17,19-21,38H,6-16,18H2,1H3,(H,31,32)/t19?,20-,21?/m0/s1. The first-order chi connectivity index (χ1) is 18.9. The van der Waals surface area contributed by atoms with E-state index in [4.69, 9.17) is 9.97 Å². The Morgan fingerprint density at radius 1 is 1.03 bits per heavy atom. The van der Waals surface area contributed by atoms with E-state index < -0.39 is 0 Å². The third-order valence-electron chi connectivity index (χ3n) is 8.46. The number of nitrogens with zero attached hydrogens (tertiary/aromatic N) is 7. The smallest absolute Gasteiger partial charge is 0.320 e. The molecule has 3 aromatic rings. The molecule has 6 rings (SSSR count). The van der Waals surface area contributed by atoms with E-state index in [9.17, 15) is 14.3 Å². The SMILES string of the molecule is CN1CCN(C(=O)N2CC[C@H](n3c(Nc4ccccc4F)nc4cnc(CC5CCC(O)CC5)nc43)C2)CC1. The molecule has 1 aromatic carbocycles. The number of likely N-dealkylation sites (N-methyl/N-ethyl adjacent to an activating group) is 1. The molecule has 1 aliphatic carbocycles. The number of carbonyl (C=O) groups is 1. The van der Waals surface area contributed by atoms with Crippen LogP contribution in [-0.4, -0.2) is 97.8 Å². The maximum atomic E-state index is 14.6. The number of nitrogens with one attached hydrogen (secondary N) is 1. The number of carbonyl (C=O) groups excluding carboxylic acids is 1. The molecule has 10 nitrogen and oxygen atoms in total. The minimum Gasteiger partial charge on any atom is -0.393 e. The molecule has 208 valence electrons. The number of rotatable bonds is 5. The van der Waals surface area contributed by atoms with Gasteiger partial charge in [0, 0.05) is 45.7 Å². The molecule has 0 spiro atoms. The van der Waals surface area contributed by atoms with Gasteiger partial charge in [-0.15, -0.1) is 0 Å². The zero-order valence-electron chi connectivity index (χ0n) is 22.5. The summed E-state index contributed by atoms with van der Waals surface area (Å²) in [5, 5.41) is 13.1. The average Bonchev–Trinajstić information content (AvgIpc) is 3.56. The third kappa shape index (κ3) is 5.56. The molecule has 2 aliphatic heterocycles. The van der Waals surface area contributed by atoms with Crippen LogP contribution in [-0.2, 0) is 6.42 Å². The number of likely N-dealkylation sites (tertiary alicyclic amines) is 1. The summed E-state index contributed by atoms with van der Waals surface area (Å²) in [4.78, 5) is 33.7. The molecule has 3 aliphatic rings. The number of hydrogen-bond donors (Lipinski definition) is 2. The lowest BCUT2D eigenvalue weighted by molar-refractivity contribution is 0.108. The van der Waals surface area contributed by atoms with Gasteiger partial charge in [-0.05, 0) is 57.2 Å². The number of urea groups is 1. The van der Waals surface area contributed by atoms with Crippen molar-refractivity contribution in [3.8, 4) is 0 Å². The normalized spacial score (nSPS) is 24.4. The lowest BCUT2D eigenvalue weighted by atomic mass is 9.85. The number of amides is 2. The fourth-order valence-electron chi connectivity index (χ4n) is 6.07. The maximum Gasteiger partial charge on any atom is 0.320 e. The van der Waals surface area contributed by atoms with Crippen LogP contribution in [0.1, 0.15) is 44.0 Å². The van der Waals surface area contributed by atoms with Gasteiger partial charge in [-0.1, -0.05) is 12.1 Å². The number of hydrogen-bond acceptors (Lipinski definition) is 7. The highest BCUT2D eigenvalue weighted by molar-refractivity contribution is 5.77. The fraction of sp³-hybridized carbons (Fsp3) is 0.571. The number of aromatic nitrogens is 4. The van der Waals surface area contributed by atoms with Crippen molar-refractivity contribution in [2.24, 2.45) is 5.92 Å². The van der Waals surface area contributed by atoms with E-state index in [0.717, 1.165) is 70.5 Å². The second-order valence-electron chi connectivity index (χ2n) is 11.2. The molecule has 0 radical (unpaired) electrons. The summed E-state index contributed by atoms with van der Waals surface area (Å²) in [6.45, 7) is 4.43. The van der Waals surface area contributed by atoms with E-state index in [-0.39, 0.29) is 24.0 Å². The van der Waals surface area contributed by atoms with Crippen molar-refractivity contribution in [1.29, 1.82) is 0 Å². The van der Waals surface area contributed by atoms with Crippen LogP contribution in [0.3, 0.4) is 0 Å². The van der Waals surface area contributed by atoms with Crippen molar-refractivity contribution in [2.75, 3.05) is 51.6 Å². The largest absolute Gasteiger partial charge is 0.393 e. The predicted molar refractivity (Wildman–Crippen MR) is 146 cm³/mol. The minimum atomic E-state index is -0.361. The minimum absolute atomic E-state index is 0.0479. The van der Waals surface area contributed by atoms with E-state index in [1.54, 1.807) is 24.4 Å². The zero-order valence-corrected chi connectivity index (χ0v) is 22.5. The van der Waals surface area contributed by atoms with Gasteiger partial charge in [0.25, 0.3) is 0 Å². The van der Waals surface area contributed by atoms with E-state index in [0.29, 0.717) is 41.8 Å². The van der Waals surface area contributed by atoms with Crippen LogP contribution in [0.4, 0.5) is 20.8 Å². The lowest BCUT2D eigenvalue weighted by Gasteiger charge is -2.35. The first-order valence-corrected chi connectivity index (χ1v) is 14.1. The van der Waals surface area contributed by atoms with Gasteiger partial charge >= 0.3 is 6.03 Å². The van der Waals surface area contributed by atoms with E-state index >= 15 is 0 Å². The Morgan fingerprint density at radius 3 is 2.56 bits per heavy atom. The summed E-state index contributed by atoms with van der Waals surface area (Å²) >= 11 is 0. The molecule has 3 fully saturated rings. The van der Waals surface area contributed by atoms with Crippen LogP contribution in [0.25, 0.3) is 11.2 Å². The highest BCUT2D eigenvalue weighted by atomic mass is 19.1. The number of benzene rings is 1. The summed E-state index contributed by atoms with van der Waals surface area (Å²) in [5.41, 5.74) is 1.68. The lowest BCUT2D eigenvalue weighted by Crippen LogP contribution is -2.51. The van der Waals surface area contributed by atoms with Gasteiger partial charge in [0.05, 0.1) is 24.0 Å². The number of piperazine rings is 1. The van der Waals surface area contributed by atoms with Crippen molar-refractivity contribution in [3.63, 3.8) is 0 Å². The van der Waals surface area contributed by atoms with E-state index in [1.807, 2.05) is 14.4 Å². The fourth-order valence-corrected chi connectivity index (χ4v) is 6.07. The van der Waals surface area contributed by atoms with Gasteiger partial charge in [0.2, 0.25) is 5.95 Å². The van der Waals surface area contributed by atoms with Crippen molar-refractivity contribution in [1.82, 2.24) is 34.2 Å². The quantitative estimate of drug-likeness (QED) is 0.515. The summed E-state index contributed by atoms with van der Waals surface area (Å²) in [6.07, 6.45) is 6.64. The molecular weight excluding hydrogens is 499 g/mol. The molecule has 0 bridgehead atoms. The second-order valence-corrected chi connectivity index (χ2v) is 11.2. The van der Waals surface area contributed by atoms with Gasteiger partial charge in [0.15, 0.2) is 5.65 Å². The van der Waals surface area contributed by atoms with Gasteiger partial charge < -0.3 is 25.1 Å². The molecule has 11 heteroatoms. The Balaban J connectivity index is 1.28. The van der Waals surface area contributed by atoms with Crippen LogP contribution in [0.2, 0.25) is 0 Å². The Hall–Kier alpha value is -3.31. The Morgan fingerprint density at radius 2 is 1.79 bits per heavy atom. The van der Waals surface area contributed by atoms with Gasteiger partial charge in [-0.25, -0.2) is 24.1 Å². The van der Waals surface area contributed by atoms with Crippen LogP contribution >= 0.6 is 0 Å². The third-order valence-corrected chi connectivity index (χ3v) is 8.46. The van der Waals surface area contributed by atoms with Crippen molar-refractivity contribution in [3.05, 3.63) is 42.1 Å². The van der Waals surface area contributed by atoms with Gasteiger partial charge in [-0.2, -0.15) is 0 Å². The molecule has 2 aromatic heterocycles.